The third kappa shape index (κ3) is 3.77. The molecule has 1 saturated heterocycles. The minimum Gasteiger partial charge on any atom is -0.340 e. The lowest BCUT2D eigenvalue weighted by atomic mass is 10.2. The lowest BCUT2D eigenvalue weighted by molar-refractivity contribution is 0.252. The van der Waals surface area contributed by atoms with Gasteiger partial charge in [0.25, 0.3) is 5.56 Å². The molecule has 0 saturated carbocycles. The Morgan fingerprint density at radius 3 is 2.57 bits per heavy atom. The summed E-state index contributed by atoms with van der Waals surface area (Å²) in [5.74, 6) is 0.256. The van der Waals surface area contributed by atoms with E-state index in [-0.39, 0.29) is 17.9 Å². The van der Waals surface area contributed by atoms with E-state index in [1.165, 1.54) is 17.1 Å². The molecule has 1 aromatic carbocycles. The number of nitrogens with one attached hydrogen (secondary N) is 1. The van der Waals surface area contributed by atoms with E-state index in [0.29, 0.717) is 17.2 Å². The molecule has 0 aliphatic carbocycles. The first kappa shape index (κ1) is 20.3. The highest BCUT2D eigenvalue weighted by molar-refractivity contribution is 5.74. The SMILES string of the molecule is CCCCN1CCN(c2nc3c(c(=O)[nH]c(=O)n3C)n2Cc2ccccc2F)CC1. The van der Waals surface area contributed by atoms with Crippen molar-refractivity contribution >= 4 is 17.1 Å². The van der Waals surface area contributed by atoms with Crippen LogP contribution in [-0.4, -0.2) is 56.7 Å². The fourth-order valence-corrected chi connectivity index (χ4v) is 3.96. The number of benzene rings is 1. The first-order valence-electron chi connectivity index (χ1n) is 10.4. The third-order valence-corrected chi connectivity index (χ3v) is 5.76. The van der Waals surface area contributed by atoms with E-state index in [4.69, 9.17) is 0 Å². The highest BCUT2D eigenvalue weighted by atomic mass is 19.1. The van der Waals surface area contributed by atoms with Crippen LogP contribution < -0.4 is 16.1 Å². The number of nitrogens with zero attached hydrogens (tertiary/aromatic N) is 5. The van der Waals surface area contributed by atoms with Crippen LogP contribution in [-0.2, 0) is 13.6 Å². The van der Waals surface area contributed by atoms with Gasteiger partial charge in [0.15, 0.2) is 11.2 Å². The predicted molar refractivity (Wildman–Crippen MR) is 115 cm³/mol. The van der Waals surface area contributed by atoms with E-state index in [2.05, 4.69) is 26.7 Å². The number of aryl methyl sites for hydroxylation is 1. The monoisotopic (exact) mass is 414 g/mol. The molecule has 9 heteroatoms. The molecular formula is C21H27FN6O2. The van der Waals surface area contributed by atoms with Gasteiger partial charge in [0.2, 0.25) is 5.95 Å². The van der Waals surface area contributed by atoms with Crippen LogP contribution in [0.2, 0.25) is 0 Å². The van der Waals surface area contributed by atoms with Crippen LogP contribution in [0.15, 0.2) is 33.9 Å². The van der Waals surface area contributed by atoms with E-state index < -0.39 is 11.2 Å². The summed E-state index contributed by atoms with van der Waals surface area (Å²) in [6, 6.07) is 6.51. The number of piperazine rings is 1. The number of hydrogen-bond acceptors (Lipinski definition) is 5. The van der Waals surface area contributed by atoms with Crippen molar-refractivity contribution in [3.8, 4) is 0 Å². The highest BCUT2D eigenvalue weighted by Crippen LogP contribution is 2.23. The molecule has 3 heterocycles. The molecule has 0 atom stereocenters. The molecule has 1 aliphatic heterocycles. The van der Waals surface area contributed by atoms with Gasteiger partial charge in [0.1, 0.15) is 5.82 Å². The predicted octanol–water partition coefficient (Wildman–Crippen LogP) is 1.53. The first-order valence-corrected chi connectivity index (χ1v) is 10.4. The summed E-state index contributed by atoms with van der Waals surface area (Å²) in [6.45, 7) is 6.74. The number of unbranched alkanes of at least 4 members (excludes halogenated alkanes) is 1. The van der Waals surface area contributed by atoms with Crippen molar-refractivity contribution in [2.24, 2.45) is 7.05 Å². The molecule has 1 aliphatic rings. The summed E-state index contributed by atoms with van der Waals surface area (Å²) in [7, 11) is 1.58. The van der Waals surface area contributed by atoms with Crippen molar-refractivity contribution < 1.29 is 4.39 Å². The minimum atomic E-state index is -0.515. The third-order valence-electron chi connectivity index (χ3n) is 5.76. The van der Waals surface area contributed by atoms with Gasteiger partial charge in [-0.1, -0.05) is 31.5 Å². The Bertz CT molecular complexity index is 1160. The molecule has 0 unspecified atom stereocenters. The molecule has 1 fully saturated rings. The molecule has 2 aromatic heterocycles. The zero-order chi connectivity index (χ0) is 21.3. The van der Waals surface area contributed by atoms with Gasteiger partial charge in [-0.05, 0) is 19.0 Å². The van der Waals surface area contributed by atoms with Gasteiger partial charge in [-0.3, -0.25) is 23.8 Å². The van der Waals surface area contributed by atoms with E-state index in [1.807, 2.05) is 0 Å². The Morgan fingerprint density at radius 2 is 1.87 bits per heavy atom. The molecule has 8 nitrogen and oxygen atoms in total. The summed E-state index contributed by atoms with van der Waals surface area (Å²) >= 11 is 0. The van der Waals surface area contributed by atoms with Gasteiger partial charge in [0.05, 0.1) is 6.54 Å². The number of halogens is 1. The molecule has 0 spiro atoms. The number of imidazole rings is 1. The highest BCUT2D eigenvalue weighted by Gasteiger charge is 2.25. The normalized spacial score (nSPS) is 15.2. The topological polar surface area (TPSA) is 79.2 Å². The number of aromatic nitrogens is 4. The summed E-state index contributed by atoms with van der Waals surface area (Å²) in [5.41, 5.74) is 0.0314. The van der Waals surface area contributed by atoms with Crippen LogP contribution in [0.5, 0.6) is 0 Å². The van der Waals surface area contributed by atoms with E-state index in [1.54, 1.807) is 29.8 Å². The zero-order valence-corrected chi connectivity index (χ0v) is 17.4. The lowest BCUT2D eigenvalue weighted by Crippen LogP contribution is -2.47. The van der Waals surface area contributed by atoms with Crippen LogP contribution in [0.1, 0.15) is 25.3 Å². The Morgan fingerprint density at radius 1 is 1.13 bits per heavy atom. The maximum absolute atomic E-state index is 14.4. The fourth-order valence-electron chi connectivity index (χ4n) is 3.96. The molecular weight excluding hydrogens is 387 g/mol. The summed E-state index contributed by atoms with van der Waals surface area (Å²) in [6.07, 6.45) is 2.33. The Hall–Kier alpha value is -2.94. The van der Waals surface area contributed by atoms with Crippen molar-refractivity contribution in [1.82, 2.24) is 24.0 Å². The Kier molecular flexibility index (Phi) is 5.72. The lowest BCUT2D eigenvalue weighted by Gasteiger charge is -2.35. The second-order valence-corrected chi connectivity index (χ2v) is 7.76. The molecule has 0 bridgehead atoms. The summed E-state index contributed by atoms with van der Waals surface area (Å²) in [4.78, 5) is 36.3. The van der Waals surface area contributed by atoms with Gasteiger partial charge in [-0.15, -0.1) is 0 Å². The van der Waals surface area contributed by atoms with Crippen molar-refractivity contribution in [3.05, 3.63) is 56.5 Å². The molecule has 30 heavy (non-hydrogen) atoms. The quantitative estimate of drug-likeness (QED) is 0.662. The van der Waals surface area contributed by atoms with E-state index in [9.17, 15) is 14.0 Å². The molecule has 4 rings (SSSR count). The second kappa shape index (κ2) is 8.43. The van der Waals surface area contributed by atoms with Crippen molar-refractivity contribution in [2.45, 2.75) is 26.3 Å². The van der Waals surface area contributed by atoms with E-state index in [0.717, 1.165) is 39.1 Å². The molecule has 1 N–H and O–H groups in total. The van der Waals surface area contributed by atoms with Gasteiger partial charge in [-0.2, -0.15) is 4.98 Å². The largest absolute Gasteiger partial charge is 0.340 e. The average molecular weight is 414 g/mol. The van der Waals surface area contributed by atoms with Crippen molar-refractivity contribution in [3.63, 3.8) is 0 Å². The average Bonchev–Trinajstić information content (AvgIpc) is 3.12. The standard InChI is InChI=1S/C21H27FN6O2/c1-3-4-9-26-10-12-27(13-11-26)20-23-18-17(19(29)24-21(30)25(18)2)28(20)14-15-7-5-6-8-16(15)22/h5-8H,3-4,9-14H2,1-2H3,(H,24,29,30). The molecule has 3 aromatic rings. The zero-order valence-electron chi connectivity index (χ0n) is 17.4. The van der Waals surface area contributed by atoms with Crippen LogP contribution in [0.4, 0.5) is 10.3 Å². The summed E-state index contributed by atoms with van der Waals surface area (Å²) in [5, 5.41) is 0. The number of fused-ring (bicyclic) bond motifs is 1. The summed E-state index contributed by atoms with van der Waals surface area (Å²) < 4.78 is 17.4. The molecule has 160 valence electrons. The number of hydrogen-bond donors (Lipinski definition) is 1. The van der Waals surface area contributed by atoms with Crippen LogP contribution in [0, 0.1) is 5.82 Å². The maximum Gasteiger partial charge on any atom is 0.329 e. The maximum atomic E-state index is 14.4. The number of aromatic amines is 1. The number of H-pyrrole nitrogens is 1. The van der Waals surface area contributed by atoms with Gasteiger partial charge < -0.3 is 4.90 Å². The molecule has 0 radical (unpaired) electrons. The smallest absolute Gasteiger partial charge is 0.329 e. The van der Waals surface area contributed by atoms with Crippen LogP contribution >= 0.6 is 0 Å². The van der Waals surface area contributed by atoms with Crippen molar-refractivity contribution in [2.75, 3.05) is 37.6 Å². The second-order valence-electron chi connectivity index (χ2n) is 7.76. The minimum absolute atomic E-state index is 0.163. The van der Waals surface area contributed by atoms with Gasteiger partial charge in [-0.25, -0.2) is 9.18 Å². The Balaban J connectivity index is 1.76. The number of anilines is 1. The van der Waals surface area contributed by atoms with Crippen LogP contribution in [0.25, 0.3) is 11.2 Å². The Labute approximate surface area is 173 Å². The van der Waals surface area contributed by atoms with E-state index >= 15 is 0 Å². The van der Waals surface area contributed by atoms with Gasteiger partial charge >= 0.3 is 5.69 Å². The molecule has 0 amide bonds. The fraction of sp³-hybridized carbons (Fsp3) is 0.476. The van der Waals surface area contributed by atoms with Crippen molar-refractivity contribution in [1.29, 1.82) is 0 Å². The number of rotatable bonds is 6. The first-order chi connectivity index (χ1) is 14.5. The van der Waals surface area contributed by atoms with Crippen LogP contribution in [0.3, 0.4) is 0 Å². The van der Waals surface area contributed by atoms with Gasteiger partial charge in [0, 0.05) is 38.8 Å².